The van der Waals surface area contributed by atoms with Gasteiger partial charge < -0.3 is 5.32 Å². The highest BCUT2D eigenvalue weighted by molar-refractivity contribution is 5.26. The summed E-state index contributed by atoms with van der Waals surface area (Å²) >= 11 is 0. The fourth-order valence-corrected chi connectivity index (χ4v) is 2.62. The topological polar surface area (TPSA) is 29.9 Å². The third-order valence-corrected chi connectivity index (χ3v) is 3.76. The number of aromatic nitrogens is 2. The van der Waals surface area contributed by atoms with Crippen LogP contribution in [-0.4, -0.2) is 9.78 Å². The van der Waals surface area contributed by atoms with E-state index in [1.54, 1.807) is 0 Å². The zero-order valence-electron chi connectivity index (χ0n) is 14.1. The second kappa shape index (κ2) is 6.02. The van der Waals surface area contributed by atoms with Crippen molar-refractivity contribution >= 4 is 0 Å². The van der Waals surface area contributed by atoms with Crippen molar-refractivity contribution in [1.82, 2.24) is 15.1 Å². The largest absolute Gasteiger partial charge is 0.306 e. The van der Waals surface area contributed by atoms with Gasteiger partial charge in [0.1, 0.15) is 0 Å². The SMILES string of the molecule is Cc1cccc([C@H](C)NCc2cn(C)nc2C(C)(C)C)c1. The first kappa shape index (κ1) is 15.8. The number of rotatable bonds is 4. The van der Waals surface area contributed by atoms with Crippen LogP contribution in [0.1, 0.15) is 56.1 Å². The van der Waals surface area contributed by atoms with Gasteiger partial charge in [-0.05, 0) is 19.4 Å². The van der Waals surface area contributed by atoms with Crippen LogP contribution < -0.4 is 5.32 Å². The third kappa shape index (κ3) is 3.94. The Kier molecular flexibility index (Phi) is 4.52. The molecule has 0 aliphatic heterocycles. The van der Waals surface area contributed by atoms with Gasteiger partial charge in [-0.15, -0.1) is 0 Å². The molecule has 3 nitrogen and oxygen atoms in total. The van der Waals surface area contributed by atoms with Crippen LogP contribution in [0.25, 0.3) is 0 Å². The van der Waals surface area contributed by atoms with Crippen LogP contribution in [-0.2, 0) is 19.0 Å². The number of hydrogen-bond donors (Lipinski definition) is 1. The van der Waals surface area contributed by atoms with Crippen molar-refractivity contribution in [2.75, 3.05) is 0 Å². The van der Waals surface area contributed by atoms with Gasteiger partial charge in [0.05, 0.1) is 5.69 Å². The minimum Gasteiger partial charge on any atom is -0.306 e. The van der Waals surface area contributed by atoms with Crippen LogP contribution in [0.3, 0.4) is 0 Å². The summed E-state index contributed by atoms with van der Waals surface area (Å²) in [6, 6.07) is 9.00. The second-order valence-electron chi connectivity index (χ2n) is 6.94. The molecule has 1 aromatic heterocycles. The van der Waals surface area contributed by atoms with E-state index < -0.39 is 0 Å². The Hall–Kier alpha value is -1.61. The zero-order chi connectivity index (χ0) is 15.6. The predicted octanol–water partition coefficient (Wildman–Crippen LogP) is 3.88. The third-order valence-electron chi connectivity index (χ3n) is 3.76. The highest BCUT2D eigenvalue weighted by Gasteiger charge is 2.21. The van der Waals surface area contributed by atoms with E-state index in [2.05, 4.69) is 75.5 Å². The molecule has 0 saturated carbocycles. The van der Waals surface area contributed by atoms with Gasteiger partial charge in [0.25, 0.3) is 0 Å². The molecule has 1 heterocycles. The average Bonchev–Trinajstić information content (AvgIpc) is 2.77. The van der Waals surface area contributed by atoms with Gasteiger partial charge in [0, 0.05) is 36.8 Å². The molecule has 0 radical (unpaired) electrons. The molecule has 0 aliphatic carbocycles. The lowest BCUT2D eigenvalue weighted by atomic mass is 9.89. The van der Waals surface area contributed by atoms with E-state index in [1.807, 2.05) is 11.7 Å². The van der Waals surface area contributed by atoms with Crippen LogP contribution >= 0.6 is 0 Å². The van der Waals surface area contributed by atoms with E-state index in [4.69, 9.17) is 0 Å². The van der Waals surface area contributed by atoms with E-state index in [0.717, 1.165) is 6.54 Å². The normalized spacial score (nSPS) is 13.4. The summed E-state index contributed by atoms with van der Waals surface area (Å²) in [4.78, 5) is 0. The molecule has 114 valence electrons. The molecule has 2 aromatic rings. The number of nitrogens with one attached hydrogen (secondary N) is 1. The van der Waals surface area contributed by atoms with Gasteiger partial charge in [0.2, 0.25) is 0 Å². The van der Waals surface area contributed by atoms with Crippen molar-refractivity contribution in [3.05, 3.63) is 52.8 Å². The maximum absolute atomic E-state index is 4.62. The molecule has 3 heteroatoms. The summed E-state index contributed by atoms with van der Waals surface area (Å²) < 4.78 is 1.91. The summed E-state index contributed by atoms with van der Waals surface area (Å²) in [6.07, 6.45) is 2.12. The maximum Gasteiger partial charge on any atom is 0.0722 e. The molecule has 0 bridgehead atoms. The molecular weight excluding hydrogens is 258 g/mol. The molecule has 21 heavy (non-hydrogen) atoms. The molecule has 1 N–H and O–H groups in total. The van der Waals surface area contributed by atoms with Crippen molar-refractivity contribution in [1.29, 1.82) is 0 Å². The Bertz CT molecular complexity index is 605. The molecular formula is C18H27N3. The van der Waals surface area contributed by atoms with Crippen LogP contribution in [0.15, 0.2) is 30.5 Å². The fraction of sp³-hybridized carbons (Fsp3) is 0.500. The molecule has 0 amide bonds. The molecule has 0 unspecified atom stereocenters. The van der Waals surface area contributed by atoms with Gasteiger partial charge in [-0.2, -0.15) is 5.10 Å². The van der Waals surface area contributed by atoms with Gasteiger partial charge in [-0.3, -0.25) is 4.68 Å². The minimum absolute atomic E-state index is 0.0743. The first-order chi connectivity index (χ1) is 9.77. The Morgan fingerprint density at radius 2 is 2.00 bits per heavy atom. The number of hydrogen-bond acceptors (Lipinski definition) is 2. The molecule has 0 fully saturated rings. The second-order valence-corrected chi connectivity index (χ2v) is 6.94. The number of nitrogens with zero attached hydrogens (tertiary/aromatic N) is 2. The summed E-state index contributed by atoms with van der Waals surface area (Å²) in [5.41, 5.74) is 5.16. The van der Waals surface area contributed by atoms with Crippen molar-refractivity contribution in [3.63, 3.8) is 0 Å². The van der Waals surface area contributed by atoms with Crippen LogP contribution in [0.5, 0.6) is 0 Å². The van der Waals surface area contributed by atoms with Crippen LogP contribution in [0.2, 0.25) is 0 Å². The molecule has 0 spiro atoms. The number of benzene rings is 1. The standard InChI is InChI=1S/C18H27N3/c1-13-8-7-9-15(10-13)14(2)19-11-16-12-21(6)20-17(16)18(3,4)5/h7-10,12,14,19H,11H2,1-6H3/t14-/m0/s1. The molecule has 0 aliphatic rings. The van der Waals surface area contributed by atoms with Gasteiger partial charge in [0.15, 0.2) is 0 Å². The minimum atomic E-state index is 0.0743. The summed E-state index contributed by atoms with van der Waals surface area (Å²) in [7, 11) is 1.99. The lowest BCUT2D eigenvalue weighted by Crippen LogP contribution is -2.21. The maximum atomic E-state index is 4.62. The van der Waals surface area contributed by atoms with Crippen molar-refractivity contribution in [3.8, 4) is 0 Å². The molecule has 2 rings (SSSR count). The van der Waals surface area contributed by atoms with Gasteiger partial charge in [-0.1, -0.05) is 50.6 Å². The van der Waals surface area contributed by atoms with Gasteiger partial charge >= 0.3 is 0 Å². The zero-order valence-corrected chi connectivity index (χ0v) is 14.1. The molecule has 0 saturated heterocycles. The Balaban J connectivity index is 2.10. The molecule has 1 atom stereocenters. The van der Waals surface area contributed by atoms with E-state index in [9.17, 15) is 0 Å². The quantitative estimate of drug-likeness (QED) is 0.924. The van der Waals surface area contributed by atoms with Crippen LogP contribution in [0, 0.1) is 6.92 Å². The lowest BCUT2D eigenvalue weighted by molar-refractivity contribution is 0.531. The Labute approximate surface area is 128 Å². The highest BCUT2D eigenvalue weighted by Crippen LogP contribution is 2.24. The van der Waals surface area contributed by atoms with E-state index in [-0.39, 0.29) is 5.41 Å². The highest BCUT2D eigenvalue weighted by atomic mass is 15.3. The number of aryl methyl sites for hydroxylation is 2. The van der Waals surface area contributed by atoms with Crippen molar-refractivity contribution < 1.29 is 0 Å². The summed E-state index contributed by atoms with van der Waals surface area (Å²) in [6.45, 7) is 11.8. The molecule has 1 aromatic carbocycles. The first-order valence-electron chi connectivity index (χ1n) is 7.60. The Morgan fingerprint density at radius 3 is 2.62 bits per heavy atom. The summed E-state index contributed by atoms with van der Waals surface area (Å²) in [5.74, 6) is 0. The van der Waals surface area contributed by atoms with Crippen molar-refractivity contribution in [2.45, 2.75) is 52.6 Å². The van der Waals surface area contributed by atoms with E-state index in [1.165, 1.54) is 22.4 Å². The average molecular weight is 285 g/mol. The predicted molar refractivity (Wildman–Crippen MR) is 88.3 cm³/mol. The fourth-order valence-electron chi connectivity index (χ4n) is 2.62. The van der Waals surface area contributed by atoms with E-state index >= 15 is 0 Å². The van der Waals surface area contributed by atoms with Crippen molar-refractivity contribution in [2.24, 2.45) is 7.05 Å². The smallest absolute Gasteiger partial charge is 0.0722 e. The van der Waals surface area contributed by atoms with Crippen LogP contribution in [0.4, 0.5) is 0 Å². The monoisotopic (exact) mass is 285 g/mol. The first-order valence-corrected chi connectivity index (χ1v) is 7.60. The Morgan fingerprint density at radius 1 is 1.29 bits per heavy atom. The summed E-state index contributed by atoms with van der Waals surface area (Å²) in [5, 5.41) is 8.24. The van der Waals surface area contributed by atoms with Gasteiger partial charge in [-0.25, -0.2) is 0 Å². The lowest BCUT2D eigenvalue weighted by Gasteiger charge is -2.19. The van der Waals surface area contributed by atoms with E-state index in [0.29, 0.717) is 6.04 Å².